The van der Waals surface area contributed by atoms with Gasteiger partial charge in [0, 0.05) is 40.5 Å². The van der Waals surface area contributed by atoms with Gasteiger partial charge in [0.05, 0.1) is 42.5 Å². The molecule has 0 aromatic carbocycles. The van der Waals surface area contributed by atoms with Crippen molar-refractivity contribution in [3.63, 3.8) is 0 Å². The molecule has 3 heterocycles. The molecular formula is C34H60CoO10. The fourth-order valence-electron chi connectivity index (χ4n) is 8.86. The van der Waals surface area contributed by atoms with Gasteiger partial charge in [0.1, 0.15) is 11.4 Å². The summed E-state index contributed by atoms with van der Waals surface area (Å²) in [5.74, 6) is -4.28. The van der Waals surface area contributed by atoms with Gasteiger partial charge >= 0.3 is 5.97 Å². The molecule has 3 aliphatic rings. The van der Waals surface area contributed by atoms with E-state index in [0.29, 0.717) is 32.1 Å². The van der Waals surface area contributed by atoms with Crippen molar-refractivity contribution in [1.82, 2.24) is 0 Å². The summed E-state index contributed by atoms with van der Waals surface area (Å²) in [4.78, 5) is 29.7. The normalized spacial score (nSPS) is 41.9. The molecule has 3 rings (SSSR count). The quantitative estimate of drug-likeness (QED) is 0.156. The average molecular weight is 688 g/mol. The zero-order valence-electron chi connectivity index (χ0n) is 28.9. The minimum Gasteiger partial charge on any atom is -0.392 e. The van der Waals surface area contributed by atoms with Crippen LogP contribution >= 0.6 is 0 Å². The number of carbonyl (C=O) groups is 2. The molecule has 1 radical (unpaired) electrons. The van der Waals surface area contributed by atoms with Crippen molar-refractivity contribution >= 4 is 11.8 Å². The monoisotopic (exact) mass is 687 g/mol. The number of ketones is 1. The van der Waals surface area contributed by atoms with Crippen molar-refractivity contribution < 1.29 is 66.0 Å². The van der Waals surface area contributed by atoms with Gasteiger partial charge in [-0.25, -0.2) is 4.79 Å². The van der Waals surface area contributed by atoms with Gasteiger partial charge in [-0.15, -0.1) is 0 Å². The summed E-state index contributed by atoms with van der Waals surface area (Å²) in [6.07, 6.45) is 0.237. The molecule has 0 amide bonds. The Kier molecular flexibility index (Phi) is 14.2. The Hall–Kier alpha value is -0.634. The molecule has 15 atom stereocenters. The third-order valence-corrected chi connectivity index (χ3v) is 11.7. The number of ether oxygens (including phenoxy) is 3. The number of hydrogen-bond acceptors (Lipinski definition) is 10. The Bertz CT molecular complexity index is 998. The van der Waals surface area contributed by atoms with Crippen LogP contribution in [-0.2, 0) is 45.5 Å². The molecule has 10 nitrogen and oxygen atoms in total. The van der Waals surface area contributed by atoms with Crippen LogP contribution in [-0.4, -0.2) is 79.8 Å². The van der Waals surface area contributed by atoms with Gasteiger partial charge in [0.25, 0.3) is 0 Å². The van der Waals surface area contributed by atoms with E-state index >= 15 is 0 Å². The Morgan fingerprint density at radius 3 is 2.11 bits per heavy atom. The molecule has 3 aliphatic heterocycles. The average Bonchev–Trinajstić information content (AvgIpc) is 3.46. The van der Waals surface area contributed by atoms with Gasteiger partial charge in [0.2, 0.25) is 0 Å². The first kappa shape index (κ1) is 40.5. The van der Waals surface area contributed by atoms with Crippen molar-refractivity contribution in [2.24, 2.45) is 41.4 Å². The van der Waals surface area contributed by atoms with E-state index < -0.39 is 65.1 Å². The summed E-state index contributed by atoms with van der Waals surface area (Å²) >= 11 is 0. The van der Waals surface area contributed by atoms with Crippen molar-refractivity contribution in [3.8, 4) is 0 Å². The van der Waals surface area contributed by atoms with Gasteiger partial charge in [-0.2, -0.15) is 5.26 Å². The second-order valence-corrected chi connectivity index (χ2v) is 14.8. The maximum absolute atomic E-state index is 14.1. The largest absolute Gasteiger partial charge is 0.392 e. The Balaban J connectivity index is 0.00000705. The summed E-state index contributed by atoms with van der Waals surface area (Å²) in [7, 11) is 0. The summed E-state index contributed by atoms with van der Waals surface area (Å²) in [6, 6.07) is 0. The molecule has 11 heteroatoms. The van der Waals surface area contributed by atoms with E-state index in [1.807, 2.05) is 62.3 Å². The van der Waals surface area contributed by atoms with E-state index in [-0.39, 0.29) is 58.8 Å². The van der Waals surface area contributed by atoms with Crippen molar-refractivity contribution in [1.29, 1.82) is 0 Å². The van der Waals surface area contributed by atoms with Gasteiger partial charge in [-0.3, -0.25) is 4.79 Å². The van der Waals surface area contributed by atoms with Gasteiger partial charge in [0.15, 0.2) is 5.79 Å². The molecule has 0 saturated carbocycles. The molecule has 45 heavy (non-hydrogen) atoms. The molecule has 265 valence electrons. The van der Waals surface area contributed by atoms with E-state index in [0.717, 1.165) is 6.42 Å². The predicted molar refractivity (Wildman–Crippen MR) is 164 cm³/mol. The maximum Gasteiger partial charge on any atom is 0.344 e. The molecular weight excluding hydrogens is 627 g/mol. The van der Waals surface area contributed by atoms with E-state index in [4.69, 9.17) is 19.5 Å². The SMILES string of the molecule is CC[C@@H](C(=O)[C@@H](C)[C@@H](O)[C@@H](C)[C@H]1O[C@@H](CC(=O)OO)[C@H](C)C[C@@H]1C)[C@H]1O[C@](C)([C@]2(O)O[C@](CC)([C@@H](O)CC)C[C@H]2C)C[C@@H]1C.[Co]. The van der Waals surface area contributed by atoms with Crippen LogP contribution in [0.3, 0.4) is 0 Å². The molecule has 0 aliphatic carbocycles. The molecule has 0 spiro atoms. The zero-order chi connectivity index (χ0) is 33.4. The second-order valence-electron chi connectivity index (χ2n) is 14.8. The van der Waals surface area contributed by atoms with Crippen LogP contribution in [0, 0.1) is 41.4 Å². The van der Waals surface area contributed by atoms with Gasteiger partial charge in [-0.05, 0) is 63.2 Å². The van der Waals surface area contributed by atoms with Crippen LogP contribution in [0.2, 0.25) is 0 Å². The fourth-order valence-corrected chi connectivity index (χ4v) is 8.86. The molecule has 3 fully saturated rings. The molecule has 0 unspecified atom stereocenters. The van der Waals surface area contributed by atoms with Crippen LogP contribution in [0.25, 0.3) is 0 Å². The molecule has 0 aromatic heterocycles. The van der Waals surface area contributed by atoms with Crippen LogP contribution in [0.4, 0.5) is 0 Å². The topological polar surface area (TPSA) is 152 Å². The van der Waals surface area contributed by atoms with Crippen LogP contribution in [0.15, 0.2) is 0 Å². The van der Waals surface area contributed by atoms with Crippen LogP contribution in [0.5, 0.6) is 0 Å². The molecule has 3 saturated heterocycles. The minimum atomic E-state index is -1.63. The van der Waals surface area contributed by atoms with E-state index in [1.165, 1.54) is 0 Å². The number of aliphatic hydroxyl groups is 3. The summed E-state index contributed by atoms with van der Waals surface area (Å²) in [5, 5.41) is 43.2. The Labute approximate surface area is 280 Å². The Morgan fingerprint density at radius 1 is 0.956 bits per heavy atom. The molecule has 0 bridgehead atoms. The van der Waals surface area contributed by atoms with Crippen molar-refractivity contribution in [2.75, 3.05) is 0 Å². The predicted octanol–water partition coefficient (Wildman–Crippen LogP) is 4.90. The maximum atomic E-state index is 14.1. The summed E-state index contributed by atoms with van der Waals surface area (Å²) < 4.78 is 19.4. The fraction of sp³-hybridized carbons (Fsp3) is 0.941. The molecule has 0 aromatic rings. The van der Waals surface area contributed by atoms with Crippen molar-refractivity contribution in [2.45, 2.75) is 162 Å². The number of carbonyl (C=O) groups excluding carboxylic acids is 2. The minimum absolute atomic E-state index is 0. The first-order valence-electron chi connectivity index (χ1n) is 16.9. The summed E-state index contributed by atoms with van der Waals surface area (Å²) in [5.41, 5.74) is -1.95. The standard InChI is InChI=1S/C34H60O10.Co/c1-11-24(29(38)22(8)28(37)23(9)30-19(5)14-18(4)25(41-30)15-27(36)43-40)31-20(6)16-32(10,42-31)34(39)21(7)17-33(13-3,44-34)26(35)12-2;/h18-26,28,30-31,35,37,39-40H,11-17H2,1-10H3;/t18-,19+,20+,21-,22+,23-,24+,25+,26+,28-,30+,31+,32+,33+,34-;/m1./s1. The van der Waals surface area contributed by atoms with Crippen molar-refractivity contribution in [3.05, 3.63) is 0 Å². The van der Waals surface area contributed by atoms with Crippen LogP contribution < -0.4 is 0 Å². The second kappa shape index (κ2) is 15.7. The third kappa shape index (κ3) is 7.67. The number of aliphatic hydroxyl groups excluding tert-OH is 2. The first-order chi connectivity index (χ1) is 20.4. The number of hydrogen-bond donors (Lipinski definition) is 4. The molecule has 4 N–H and O–H groups in total. The van der Waals surface area contributed by atoms with E-state index in [2.05, 4.69) is 4.89 Å². The zero-order valence-corrected chi connectivity index (χ0v) is 30.0. The number of rotatable bonds is 13. The number of Topliss-reactive ketones (excluding diaryl/α,β-unsaturated/α-hetero) is 1. The van der Waals surface area contributed by atoms with E-state index in [9.17, 15) is 24.9 Å². The first-order valence-corrected chi connectivity index (χ1v) is 16.9. The summed E-state index contributed by atoms with van der Waals surface area (Å²) in [6.45, 7) is 19.3. The van der Waals surface area contributed by atoms with Gasteiger partial charge < -0.3 is 34.4 Å². The smallest absolute Gasteiger partial charge is 0.344 e. The Morgan fingerprint density at radius 2 is 1.58 bits per heavy atom. The van der Waals surface area contributed by atoms with E-state index in [1.54, 1.807) is 6.92 Å². The third-order valence-electron chi connectivity index (χ3n) is 11.7. The van der Waals surface area contributed by atoms with Gasteiger partial charge in [-0.1, -0.05) is 62.3 Å². The van der Waals surface area contributed by atoms with Crippen LogP contribution in [0.1, 0.15) is 114 Å².